The molecule has 1 aliphatic carbocycles. The molecule has 2 aliphatic rings. The summed E-state index contributed by atoms with van der Waals surface area (Å²) in [7, 11) is 0. The zero-order chi connectivity index (χ0) is 24.0. The van der Waals surface area contributed by atoms with E-state index in [0.29, 0.717) is 43.5 Å². The molecule has 2 N–H and O–H groups in total. The maximum absolute atomic E-state index is 13.8. The van der Waals surface area contributed by atoms with E-state index in [4.69, 9.17) is 0 Å². The molecule has 0 saturated heterocycles. The van der Waals surface area contributed by atoms with E-state index in [0.717, 1.165) is 11.9 Å². The summed E-state index contributed by atoms with van der Waals surface area (Å²) >= 11 is 0. The molecule has 0 unspecified atom stereocenters. The predicted octanol–water partition coefficient (Wildman–Crippen LogP) is 4.30. The second kappa shape index (κ2) is 8.31. The van der Waals surface area contributed by atoms with E-state index in [9.17, 15) is 22.8 Å². The zero-order valence-corrected chi connectivity index (χ0v) is 18.7. The molecular weight excluding hydrogens is 435 g/mol. The highest BCUT2D eigenvalue weighted by atomic mass is 19.4. The van der Waals surface area contributed by atoms with Crippen molar-refractivity contribution in [2.45, 2.75) is 59.2 Å². The Kier molecular flexibility index (Phi) is 5.79. The minimum absolute atomic E-state index is 0.0470. The average Bonchev–Trinajstić information content (AvgIpc) is 3.21. The van der Waals surface area contributed by atoms with E-state index in [-0.39, 0.29) is 28.6 Å². The SMILES string of the molecule is CC(=O)NC1=CCC[C@H](C(=O)Nc2cc(-c3cnn4c3CC(C)(C)C4)c(C(F)(F)F)cn2)C1. The van der Waals surface area contributed by atoms with Gasteiger partial charge in [0, 0.05) is 48.1 Å². The Morgan fingerprint density at radius 1 is 1.18 bits per heavy atom. The largest absolute Gasteiger partial charge is 0.418 e. The highest BCUT2D eigenvalue weighted by molar-refractivity contribution is 5.93. The number of fused-ring (bicyclic) bond motifs is 1. The summed E-state index contributed by atoms with van der Waals surface area (Å²) < 4.78 is 43.1. The second-order valence-electron chi connectivity index (χ2n) is 9.49. The monoisotopic (exact) mass is 461 g/mol. The number of nitrogens with one attached hydrogen (secondary N) is 2. The van der Waals surface area contributed by atoms with Crippen LogP contribution in [0.4, 0.5) is 19.0 Å². The third-order valence-electron chi connectivity index (χ3n) is 6.00. The van der Waals surface area contributed by atoms with Gasteiger partial charge in [-0.1, -0.05) is 19.9 Å². The van der Waals surface area contributed by atoms with Crippen LogP contribution in [0.3, 0.4) is 0 Å². The maximum atomic E-state index is 13.8. The summed E-state index contributed by atoms with van der Waals surface area (Å²) in [6.07, 6.45) is 1.64. The van der Waals surface area contributed by atoms with Crippen molar-refractivity contribution < 1.29 is 22.8 Å². The lowest BCUT2D eigenvalue weighted by Gasteiger charge is -2.22. The summed E-state index contributed by atoms with van der Waals surface area (Å²) in [5.41, 5.74) is 0.809. The van der Waals surface area contributed by atoms with Gasteiger partial charge in [-0.25, -0.2) is 4.98 Å². The number of nitrogens with zero attached hydrogens (tertiary/aromatic N) is 3. The van der Waals surface area contributed by atoms with Crippen LogP contribution in [-0.2, 0) is 28.7 Å². The van der Waals surface area contributed by atoms with Gasteiger partial charge in [-0.3, -0.25) is 14.3 Å². The number of halogens is 3. The first-order chi connectivity index (χ1) is 15.4. The molecule has 1 atom stereocenters. The highest BCUT2D eigenvalue weighted by Crippen LogP contribution is 2.42. The van der Waals surface area contributed by atoms with Crippen LogP contribution in [0.15, 0.2) is 30.2 Å². The fourth-order valence-corrected chi connectivity index (χ4v) is 4.54. The third kappa shape index (κ3) is 4.94. The van der Waals surface area contributed by atoms with Gasteiger partial charge in [0.15, 0.2) is 0 Å². The van der Waals surface area contributed by atoms with E-state index in [2.05, 4.69) is 20.7 Å². The zero-order valence-electron chi connectivity index (χ0n) is 18.7. The van der Waals surface area contributed by atoms with Crippen LogP contribution in [-0.4, -0.2) is 26.6 Å². The Morgan fingerprint density at radius 3 is 2.64 bits per heavy atom. The quantitative estimate of drug-likeness (QED) is 0.710. The molecule has 0 bridgehead atoms. The van der Waals surface area contributed by atoms with Crippen molar-refractivity contribution in [3.63, 3.8) is 0 Å². The molecule has 33 heavy (non-hydrogen) atoms. The average molecular weight is 461 g/mol. The van der Waals surface area contributed by atoms with Gasteiger partial charge < -0.3 is 10.6 Å². The summed E-state index contributed by atoms with van der Waals surface area (Å²) in [4.78, 5) is 28.0. The van der Waals surface area contributed by atoms with E-state index >= 15 is 0 Å². The van der Waals surface area contributed by atoms with Crippen LogP contribution in [0.1, 0.15) is 51.3 Å². The number of carbonyl (C=O) groups excluding carboxylic acids is 2. The van der Waals surface area contributed by atoms with Crippen LogP contribution in [0, 0.1) is 11.3 Å². The number of aromatic nitrogens is 3. The Hall–Kier alpha value is -3.17. The summed E-state index contributed by atoms with van der Waals surface area (Å²) in [5.74, 6) is -0.916. The maximum Gasteiger partial charge on any atom is 0.418 e. The van der Waals surface area contributed by atoms with Gasteiger partial charge in [0.2, 0.25) is 11.8 Å². The Labute approximate surface area is 189 Å². The minimum Gasteiger partial charge on any atom is -0.330 e. The van der Waals surface area contributed by atoms with E-state index < -0.39 is 17.7 Å². The smallest absolute Gasteiger partial charge is 0.330 e. The lowest BCUT2D eigenvalue weighted by molar-refractivity contribution is -0.137. The number of pyridine rings is 1. The molecule has 10 heteroatoms. The first-order valence-electron chi connectivity index (χ1n) is 10.8. The van der Waals surface area contributed by atoms with Gasteiger partial charge in [-0.2, -0.15) is 18.3 Å². The number of anilines is 1. The highest BCUT2D eigenvalue weighted by Gasteiger charge is 2.38. The summed E-state index contributed by atoms with van der Waals surface area (Å²) in [6.45, 7) is 6.11. The van der Waals surface area contributed by atoms with Gasteiger partial charge >= 0.3 is 6.18 Å². The standard InChI is InChI=1S/C23H26F3N5O2/c1-13(32)29-15-6-4-5-14(7-15)21(33)30-20-8-16(18(11-27-20)23(24,25)26)17-10-28-31-12-22(2,3)9-19(17)31/h6,8,10-11,14H,4-5,7,9,12H2,1-3H3,(H,29,32)(H,27,30,33)/t14-/m0/s1. The van der Waals surface area contributed by atoms with Gasteiger partial charge in [0.05, 0.1) is 11.8 Å². The molecular formula is C23H26F3N5O2. The van der Waals surface area contributed by atoms with Crippen LogP contribution >= 0.6 is 0 Å². The summed E-state index contributed by atoms with van der Waals surface area (Å²) in [5, 5.41) is 9.66. The third-order valence-corrected chi connectivity index (χ3v) is 6.00. The number of carbonyl (C=O) groups is 2. The van der Waals surface area contributed by atoms with E-state index in [1.54, 1.807) is 4.68 Å². The molecule has 3 heterocycles. The number of amides is 2. The first kappa shape index (κ1) is 23.0. The number of allylic oxidation sites excluding steroid dienone is 2. The Bertz CT molecular complexity index is 1130. The van der Waals surface area contributed by atoms with Crippen molar-refractivity contribution in [2.24, 2.45) is 11.3 Å². The molecule has 7 nitrogen and oxygen atoms in total. The molecule has 4 rings (SSSR count). The molecule has 0 spiro atoms. The summed E-state index contributed by atoms with van der Waals surface area (Å²) in [6, 6.07) is 1.28. The lowest BCUT2D eigenvalue weighted by Crippen LogP contribution is -2.30. The fraction of sp³-hybridized carbons (Fsp3) is 0.478. The molecule has 0 fully saturated rings. The van der Waals surface area contributed by atoms with Crippen molar-refractivity contribution >= 4 is 17.6 Å². The topological polar surface area (TPSA) is 88.9 Å². The molecule has 0 saturated carbocycles. The van der Waals surface area contributed by atoms with Crippen LogP contribution in [0.5, 0.6) is 0 Å². The predicted molar refractivity (Wildman–Crippen MR) is 116 cm³/mol. The van der Waals surface area contributed by atoms with Gasteiger partial charge in [0.1, 0.15) is 5.82 Å². The molecule has 1 aliphatic heterocycles. The van der Waals surface area contributed by atoms with Crippen molar-refractivity contribution in [1.29, 1.82) is 0 Å². The Balaban J connectivity index is 1.61. The first-order valence-corrected chi connectivity index (χ1v) is 10.8. The van der Waals surface area contributed by atoms with Crippen molar-refractivity contribution in [2.75, 3.05) is 5.32 Å². The van der Waals surface area contributed by atoms with Crippen molar-refractivity contribution in [1.82, 2.24) is 20.1 Å². The Morgan fingerprint density at radius 2 is 1.94 bits per heavy atom. The number of rotatable bonds is 4. The van der Waals surface area contributed by atoms with Crippen LogP contribution < -0.4 is 10.6 Å². The molecule has 2 aromatic rings. The van der Waals surface area contributed by atoms with Gasteiger partial charge in [-0.15, -0.1) is 0 Å². The number of alkyl halides is 3. The van der Waals surface area contributed by atoms with Crippen LogP contribution in [0.2, 0.25) is 0 Å². The van der Waals surface area contributed by atoms with Crippen molar-refractivity contribution in [3.05, 3.63) is 41.5 Å². The molecule has 176 valence electrons. The lowest BCUT2D eigenvalue weighted by atomic mass is 9.89. The number of hydrogen-bond acceptors (Lipinski definition) is 4. The minimum atomic E-state index is -4.60. The second-order valence-corrected chi connectivity index (χ2v) is 9.49. The van der Waals surface area contributed by atoms with E-state index in [1.165, 1.54) is 19.2 Å². The fourth-order valence-electron chi connectivity index (χ4n) is 4.54. The van der Waals surface area contributed by atoms with E-state index in [1.807, 2.05) is 19.9 Å². The molecule has 2 amide bonds. The normalized spacial score (nSPS) is 19.6. The van der Waals surface area contributed by atoms with Crippen LogP contribution in [0.25, 0.3) is 11.1 Å². The molecule has 0 radical (unpaired) electrons. The molecule has 0 aromatic carbocycles. The van der Waals surface area contributed by atoms with Crippen molar-refractivity contribution in [3.8, 4) is 11.1 Å². The number of hydrogen-bond donors (Lipinski definition) is 2. The molecule has 2 aromatic heterocycles. The van der Waals surface area contributed by atoms with Gasteiger partial charge in [-0.05, 0) is 37.2 Å². The van der Waals surface area contributed by atoms with Gasteiger partial charge in [0.25, 0.3) is 0 Å².